The van der Waals surface area contributed by atoms with Crippen molar-refractivity contribution in [1.82, 2.24) is 14.5 Å². The molecule has 2 rings (SSSR count). The Hall–Kier alpha value is -1.80. The lowest BCUT2D eigenvalue weighted by Gasteiger charge is -2.14. The summed E-state index contributed by atoms with van der Waals surface area (Å²) in [5.41, 5.74) is 0.725. The minimum atomic E-state index is -4.12. The van der Waals surface area contributed by atoms with E-state index in [4.69, 9.17) is 0 Å². The Balaban J connectivity index is 2.31. The number of rotatable bonds is 4. The third kappa shape index (κ3) is 2.64. The zero-order valence-electron chi connectivity index (χ0n) is 9.96. The third-order valence-corrected chi connectivity index (χ3v) is 2.73. The molecule has 0 unspecified atom stereocenters. The first-order chi connectivity index (χ1) is 8.81. The number of nitrogens with zero attached hydrogens (tertiary/aromatic N) is 2. The van der Waals surface area contributed by atoms with Crippen molar-refractivity contribution >= 4 is 24.5 Å². The molecular weight excluding hydrogens is 265 g/mol. The Morgan fingerprint density at radius 2 is 2.16 bits per heavy atom. The quantitative estimate of drug-likeness (QED) is 0.643. The lowest BCUT2D eigenvalue weighted by atomic mass is 9.99. The second-order valence-electron chi connectivity index (χ2n) is 4.28. The number of hydrogen-bond donors (Lipinski definition) is 1. The summed E-state index contributed by atoms with van der Waals surface area (Å²) >= 11 is 0. The molecule has 4 nitrogen and oxygen atoms in total. The van der Waals surface area contributed by atoms with E-state index in [0.29, 0.717) is 5.52 Å². The Labute approximate surface area is 105 Å². The molecular formula is C10H10BF4N3O. The van der Waals surface area contributed by atoms with E-state index < -0.39 is 31.0 Å². The minimum absolute atomic E-state index is 0.181. The molecule has 0 fully saturated rings. The van der Waals surface area contributed by atoms with Gasteiger partial charge in [0.15, 0.2) is 5.65 Å². The van der Waals surface area contributed by atoms with Gasteiger partial charge in [0.05, 0.1) is 5.52 Å². The number of alkyl halides is 4. The first-order valence-electron chi connectivity index (χ1n) is 5.52. The highest BCUT2D eigenvalue weighted by molar-refractivity contribution is 6.32. The second kappa shape index (κ2) is 4.71. The Kier molecular flexibility index (Phi) is 3.38. The van der Waals surface area contributed by atoms with Gasteiger partial charge >= 0.3 is 18.0 Å². The number of nitrogens with one attached hydrogen (secondary N) is 1. The van der Waals surface area contributed by atoms with Gasteiger partial charge < -0.3 is 4.98 Å². The molecule has 0 radical (unpaired) electrons. The van der Waals surface area contributed by atoms with Gasteiger partial charge in [0.25, 0.3) is 0 Å². The van der Waals surface area contributed by atoms with Crippen LogP contribution in [0.4, 0.5) is 17.6 Å². The van der Waals surface area contributed by atoms with E-state index in [1.807, 2.05) is 0 Å². The van der Waals surface area contributed by atoms with Crippen LogP contribution in [0.3, 0.4) is 0 Å². The number of pyridine rings is 1. The van der Waals surface area contributed by atoms with E-state index in [1.165, 1.54) is 6.20 Å². The summed E-state index contributed by atoms with van der Waals surface area (Å²) in [6.07, 6.45) is -3.40. The van der Waals surface area contributed by atoms with Crippen molar-refractivity contribution in [1.29, 1.82) is 0 Å². The maximum Gasteiger partial charge on any atom is 0.327 e. The van der Waals surface area contributed by atoms with Gasteiger partial charge in [-0.3, -0.25) is 4.57 Å². The topological polar surface area (TPSA) is 50.7 Å². The van der Waals surface area contributed by atoms with Crippen molar-refractivity contribution in [2.75, 3.05) is 0 Å². The van der Waals surface area contributed by atoms with Gasteiger partial charge in [-0.2, -0.15) is 0 Å². The maximum absolute atomic E-state index is 12.8. The molecule has 2 heterocycles. The summed E-state index contributed by atoms with van der Waals surface area (Å²) in [7, 11) is 1.76. The van der Waals surface area contributed by atoms with Crippen LogP contribution in [0.25, 0.3) is 11.2 Å². The summed E-state index contributed by atoms with van der Waals surface area (Å²) < 4.78 is 50.7. The number of aromatic nitrogens is 3. The van der Waals surface area contributed by atoms with Crippen molar-refractivity contribution in [3.63, 3.8) is 0 Å². The normalized spacial score (nSPS) is 12.5. The summed E-state index contributed by atoms with van der Waals surface area (Å²) in [6.45, 7) is -0.522. The highest BCUT2D eigenvalue weighted by Crippen LogP contribution is 2.27. The molecule has 0 amide bonds. The number of aryl methyl sites for hydroxylation is 1. The number of H-pyrrole nitrogens is 1. The zero-order valence-corrected chi connectivity index (χ0v) is 9.96. The number of aromatic amines is 1. The number of imidazole rings is 1. The smallest absolute Gasteiger partial charge is 0.304 e. The fraction of sp³-hybridized carbons (Fsp3) is 0.400. The fourth-order valence-electron chi connectivity index (χ4n) is 1.73. The molecule has 9 heteroatoms. The minimum Gasteiger partial charge on any atom is -0.304 e. The molecule has 0 atom stereocenters. The van der Waals surface area contributed by atoms with Crippen molar-refractivity contribution in [2.45, 2.75) is 25.3 Å². The predicted molar refractivity (Wildman–Crippen MR) is 64.1 cm³/mol. The summed E-state index contributed by atoms with van der Waals surface area (Å²) in [4.78, 5) is 18.0. The van der Waals surface area contributed by atoms with Crippen molar-refractivity contribution in [3.05, 3.63) is 22.7 Å². The largest absolute Gasteiger partial charge is 0.327 e. The van der Waals surface area contributed by atoms with E-state index >= 15 is 0 Å². The highest BCUT2D eigenvalue weighted by Gasteiger charge is 2.40. The molecule has 0 spiro atoms. The molecule has 0 bridgehead atoms. The average Bonchev–Trinajstić information content (AvgIpc) is 2.61. The number of hydrogen-bond acceptors (Lipinski definition) is 2. The zero-order chi connectivity index (χ0) is 14.2. The molecule has 0 aliphatic carbocycles. The SMILES string of the molecule is Bc1cnc2c(c1)[nH]c(=O)n2CCC(F)(F)C(F)F. The van der Waals surface area contributed by atoms with Gasteiger partial charge in [-0.25, -0.2) is 27.3 Å². The molecule has 102 valence electrons. The summed E-state index contributed by atoms with van der Waals surface area (Å²) in [6, 6.07) is 1.63. The van der Waals surface area contributed by atoms with Gasteiger partial charge in [-0.05, 0) is 6.07 Å². The van der Waals surface area contributed by atoms with Crippen molar-refractivity contribution in [2.24, 2.45) is 0 Å². The van der Waals surface area contributed by atoms with E-state index in [-0.39, 0.29) is 5.65 Å². The van der Waals surface area contributed by atoms with E-state index in [9.17, 15) is 22.4 Å². The molecule has 0 aliphatic rings. The highest BCUT2D eigenvalue weighted by atomic mass is 19.3. The van der Waals surface area contributed by atoms with Crippen LogP contribution in [0.2, 0.25) is 0 Å². The van der Waals surface area contributed by atoms with Crippen molar-refractivity contribution in [3.8, 4) is 0 Å². The summed E-state index contributed by atoms with van der Waals surface area (Å²) in [5.74, 6) is -4.12. The molecule has 0 saturated heterocycles. The van der Waals surface area contributed by atoms with Crippen LogP contribution in [0.1, 0.15) is 6.42 Å². The molecule has 19 heavy (non-hydrogen) atoms. The average molecular weight is 275 g/mol. The van der Waals surface area contributed by atoms with Crippen LogP contribution in [0.15, 0.2) is 17.1 Å². The van der Waals surface area contributed by atoms with Crippen LogP contribution in [0.5, 0.6) is 0 Å². The lowest BCUT2D eigenvalue weighted by molar-refractivity contribution is -0.134. The van der Waals surface area contributed by atoms with Gasteiger partial charge in [-0.1, -0.05) is 5.46 Å². The Morgan fingerprint density at radius 1 is 1.47 bits per heavy atom. The molecule has 0 aliphatic heterocycles. The number of halogens is 4. The fourth-order valence-corrected chi connectivity index (χ4v) is 1.73. The van der Waals surface area contributed by atoms with Crippen LogP contribution in [0, 0.1) is 0 Å². The lowest BCUT2D eigenvalue weighted by Crippen LogP contribution is -2.30. The third-order valence-electron chi connectivity index (χ3n) is 2.73. The second-order valence-corrected chi connectivity index (χ2v) is 4.28. The molecule has 0 saturated carbocycles. The van der Waals surface area contributed by atoms with Gasteiger partial charge in [0, 0.05) is 19.2 Å². The first kappa shape index (κ1) is 13.6. The first-order valence-corrected chi connectivity index (χ1v) is 5.52. The molecule has 1 N–H and O–H groups in total. The van der Waals surface area contributed by atoms with Crippen LogP contribution < -0.4 is 11.2 Å². The molecule has 2 aromatic heterocycles. The number of fused-ring (bicyclic) bond motifs is 1. The predicted octanol–water partition coefficient (Wildman–Crippen LogP) is 0.273. The Bertz CT molecular complexity index is 652. The van der Waals surface area contributed by atoms with E-state index in [2.05, 4.69) is 9.97 Å². The van der Waals surface area contributed by atoms with E-state index in [1.54, 1.807) is 13.9 Å². The van der Waals surface area contributed by atoms with Crippen molar-refractivity contribution < 1.29 is 17.6 Å². The van der Waals surface area contributed by atoms with Gasteiger partial charge in [0.1, 0.15) is 7.85 Å². The Morgan fingerprint density at radius 3 is 2.79 bits per heavy atom. The molecule has 2 aromatic rings. The van der Waals surface area contributed by atoms with E-state index in [0.717, 1.165) is 10.0 Å². The van der Waals surface area contributed by atoms with Gasteiger partial charge in [-0.15, -0.1) is 0 Å². The maximum atomic E-state index is 12.8. The van der Waals surface area contributed by atoms with Gasteiger partial charge in [0.2, 0.25) is 0 Å². The molecule has 0 aromatic carbocycles. The van der Waals surface area contributed by atoms with Crippen LogP contribution in [-0.4, -0.2) is 34.7 Å². The summed E-state index contributed by atoms with van der Waals surface area (Å²) in [5, 5.41) is 0. The monoisotopic (exact) mass is 275 g/mol. The standard InChI is InChI=1S/C10H10BF4N3O/c11-5-3-6-7(16-4-5)18(9(19)17-6)2-1-10(14,15)8(12)13/h3-4,8H,1-2,11H2,(H,17,19). The van der Waals surface area contributed by atoms with Crippen LogP contribution >= 0.6 is 0 Å². The van der Waals surface area contributed by atoms with Crippen LogP contribution in [-0.2, 0) is 6.54 Å².